The number of oxime groups is 1. The molecule has 0 bridgehead atoms. The molecule has 3 nitrogen and oxygen atoms in total. The molecule has 0 aromatic carbocycles. The van der Waals surface area contributed by atoms with Crippen LogP contribution in [0.1, 0.15) is 6.92 Å². The quantitative estimate of drug-likeness (QED) is 0.285. The lowest BCUT2D eigenvalue weighted by molar-refractivity contribution is 0.320. The fraction of sp³-hybridized carbons (Fsp3) is 0.500. The van der Waals surface area contributed by atoms with Gasteiger partial charge in [0, 0.05) is 5.33 Å². The highest BCUT2D eigenvalue weighted by atomic mass is 79.9. The third-order valence-corrected chi connectivity index (χ3v) is 1.28. The molecule has 0 atom stereocenters. The van der Waals surface area contributed by atoms with E-state index in [1.807, 2.05) is 0 Å². The van der Waals surface area contributed by atoms with Gasteiger partial charge in [0.05, 0.1) is 11.4 Å². The monoisotopic (exact) mass is 178 g/mol. The topological polar surface area (TPSA) is 56.4 Å². The van der Waals surface area contributed by atoms with Crippen LogP contribution in [-0.2, 0) is 0 Å². The molecule has 0 aromatic rings. The molecule has 0 aliphatic rings. The molecule has 8 heavy (non-hydrogen) atoms. The maximum Gasteiger partial charge on any atom is 0.0980 e. The molecule has 0 amide bonds. The second kappa shape index (κ2) is 3.60. The van der Waals surface area contributed by atoms with Crippen LogP contribution < -0.4 is 0 Å². The number of alkyl halides is 1. The fourth-order valence-electron chi connectivity index (χ4n) is 0.157. The lowest BCUT2D eigenvalue weighted by Crippen LogP contribution is -2.09. The van der Waals surface area contributed by atoms with Crippen LogP contribution in [0, 0.1) is 5.41 Å². The number of halogens is 1. The third-order valence-electron chi connectivity index (χ3n) is 0.720. The first kappa shape index (κ1) is 7.62. The van der Waals surface area contributed by atoms with Gasteiger partial charge in [0.25, 0.3) is 0 Å². The maximum absolute atomic E-state index is 8.06. The summed E-state index contributed by atoms with van der Waals surface area (Å²) in [6.07, 6.45) is 0. The molecule has 0 unspecified atom stereocenters. The zero-order valence-corrected chi connectivity index (χ0v) is 6.07. The number of nitrogens with zero attached hydrogens (tertiary/aromatic N) is 1. The van der Waals surface area contributed by atoms with Crippen LogP contribution in [0.4, 0.5) is 0 Å². The highest BCUT2D eigenvalue weighted by Gasteiger charge is 1.96. The van der Waals surface area contributed by atoms with E-state index in [0.29, 0.717) is 16.8 Å². The Labute approximate surface area is 56.0 Å². The Hall–Kier alpha value is -0.380. The first-order valence-electron chi connectivity index (χ1n) is 2.04. The van der Waals surface area contributed by atoms with Crippen LogP contribution in [0.3, 0.4) is 0 Å². The van der Waals surface area contributed by atoms with Crippen molar-refractivity contribution in [3.8, 4) is 0 Å². The molecule has 0 aliphatic carbocycles. The van der Waals surface area contributed by atoms with Crippen LogP contribution in [-0.4, -0.2) is 22.0 Å². The molecular weight excluding hydrogens is 172 g/mol. The predicted octanol–water partition coefficient (Wildman–Crippen LogP) is 1.25. The van der Waals surface area contributed by atoms with Crippen molar-refractivity contribution in [3.05, 3.63) is 0 Å². The predicted molar refractivity (Wildman–Crippen MR) is 36.4 cm³/mol. The van der Waals surface area contributed by atoms with Gasteiger partial charge in [-0.2, -0.15) is 0 Å². The summed E-state index contributed by atoms with van der Waals surface area (Å²) in [5.74, 6) is 0. The van der Waals surface area contributed by atoms with E-state index in [0.717, 1.165) is 0 Å². The summed E-state index contributed by atoms with van der Waals surface area (Å²) in [5, 5.41) is 18.3. The first-order valence-corrected chi connectivity index (χ1v) is 3.17. The molecule has 0 rings (SSSR count). The van der Waals surface area contributed by atoms with Crippen LogP contribution in [0.5, 0.6) is 0 Å². The number of hydrogen-bond acceptors (Lipinski definition) is 3. The van der Waals surface area contributed by atoms with Gasteiger partial charge in [-0.1, -0.05) is 21.1 Å². The second-order valence-electron chi connectivity index (χ2n) is 1.30. The van der Waals surface area contributed by atoms with Crippen LogP contribution in [0.25, 0.3) is 0 Å². The van der Waals surface area contributed by atoms with Crippen LogP contribution in [0.2, 0.25) is 0 Å². The minimum Gasteiger partial charge on any atom is -0.411 e. The summed E-state index contributed by atoms with van der Waals surface area (Å²) < 4.78 is 0. The lowest BCUT2D eigenvalue weighted by Gasteiger charge is -1.91. The van der Waals surface area contributed by atoms with E-state index in [-0.39, 0.29) is 0 Å². The Kier molecular flexibility index (Phi) is 3.43. The summed E-state index contributed by atoms with van der Waals surface area (Å²) in [7, 11) is 0. The smallest absolute Gasteiger partial charge is 0.0980 e. The van der Waals surface area contributed by atoms with Crippen molar-refractivity contribution in [2.24, 2.45) is 5.16 Å². The van der Waals surface area contributed by atoms with Gasteiger partial charge in [0.15, 0.2) is 0 Å². The van der Waals surface area contributed by atoms with Crippen molar-refractivity contribution in [3.63, 3.8) is 0 Å². The lowest BCUT2D eigenvalue weighted by atomic mass is 10.3. The van der Waals surface area contributed by atoms with Gasteiger partial charge in [-0.25, -0.2) is 0 Å². The minimum atomic E-state index is 0.299. The fourth-order valence-corrected chi connectivity index (χ4v) is 0.563. The summed E-state index contributed by atoms with van der Waals surface area (Å²) in [6, 6.07) is 0. The van der Waals surface area contributed by atoms with Crippen molar-refractivity contribution in [1.82, 2.24) is 0 Å². The zero-order chi connectivity index (χ0) is 6.57. The van der Waals surface area contributed by atoms with E-state index in [2.05, 4.69) is 21.1 Å². The van der Waals surface area contributed by atoms with Gasteiger partial charge >= 0.3 is 0 Å². The Morgan fingerprint density at radius 1 is 1.88 bits per heavy atom. The molecule has 0 radical (unpaired) electrons. The Bertz CT molecular complexity index is 121. The number of rotatable bonds is 2. The van der Waals surface area contributed by atoms with E-state index in [1.165, 1.54) is 0 Å². The molecule has 2 N–H and O–H groups in total. The average Bonchev–Trinajstić information content (AvgIpc) is 1.84. The number of nitrogens with one attached hydrogen (secondary N) is 1. The molecule has 46 valence electrons. The molecule has 0 aliphatic heterocycles. The molecule has 0 heterocycles. The van der Waals surface area contributed by atoms with E-state index < -0.39 is 0 Å². The van der Waals surface area contributed by atoms with Crippen molar-refractivity contribution in [1.29, 1.82) is 5.41 Å². The van der Waals surface area contributed by atoms with Gasteiger partial charge in [0.1, 0.15) is 0 Å². The number of hydrogen-bond donors (Lipinski definition) is 2. The molecule has 4 heteroatoms. The van der Waals surface area contributed by atoms with E-state index in [9.17, 15) is 0 Å². The highest BCUT2D eigenvalue weighted by molar-refractivity contribution is 9.09. The van der Waals surface area contributed by atoms with Crippen molar-refractivity contribution in [2.45, 2.75) is 6.92 Å². The van der Waals surface area contributed by atoms with Crippen molar-refractivity contribution in [2.75, 3.05) is 5.33 Å². The largest absolute Gasteiger partial charge is 0.411 e. The summed E-state index contributed by atoms with van der Waals surface area (Å²) in [6.45, 7) is 1.57. The Morgan fingerprint density at radius 3 is 2.50 bits per heavy atom. The normalized spacial score (nSPS) is 11.5. The van der Waals surface area contributed by atoms with Crippen molar-refractivity contribution < 1.29 is 5.21 Å². The van der Waals surface area contributed by atoms with Gasteiger partial charge in [0.2, 0.25) is 0 Å². The Balaban J connectivity index is 3.83. The Morgan fingerprint density at radius 2 is 2.38 bits per heavy atom. The average molecular weight is 179 g/mol. The summed E-state index contributed by atoms with van der Waals surface area (Å²) >= 11 is 3.04. The molecule has 0 fully saturated rings. The highest BCUT2D eigenvalue weighted by Crippen LogP contribution is 1.85. The molecular formula is C4H7BrN2O. The summed E-state index contributed by atoms with van der Waals surface area (Å²) in [4.78, 5) is 0. The van der Waals surface area contributed by atoms with Crippen molar-refractivity contribution >= 4 is 27.4 Å². The SMILES string of the molecule is C/C(=N\O)C(=N)CBr. The van der Waals surface area contributed by atoms with E-state index >= 15 is 0 Å². The molecule has 0 saturated heterocycles. The van der Waals surface area contributed by atoms with E-state index in [4.69, 9.17) is 10.6 Å². The zero-order valence-electron chi connectivity index (χ0n) is 4.48. The van der Waals surface area contributed by atoms with Gasteiger partial charge in [-0.15, -0.1) is 0 Å². The first-order chi connectivity index (χ1) is 3.72. The maximum atomic E-state index is 8.06. The third kappa shape index (κ3) is 2.07. The minimum absolute atomic E-state index is 0.299. The van der Waals surface area contributed by atoms with Crippen LogP contribution in [0.15, 0.2) is 5.16 Å². The summed E-state index contributed by atoms with van der Waals surface area (Å²) in [5.41, 5.74) is 0.648. The molecule has 0 saturated carbocycles. The molecule has 0 aromatic heterocycles. The van der Waals surface area contributed by atoms with E-state index in [1.54, 1.807) is 6.92 Å². The molecule has 0 spiro atoms. The van der Waals surface area contributed by atoms with Gasteiger partial charge in [-0.05, 0) is 6.92 Å². The standard InChI is InChI=1S/C4H7BrN2O/c1-3(7-8)4(6)2-5/h6,8H,2H2,1H3/b6-4?,7-3+. The van der Waals surface area contributed by atoms with Gasteiger partial charge < -0.3 is 10.6 Å². The van der Waals surface area contributed by atoms with Crippen LogP contribution >= 0.6 is 15.9 Å². The van der Waals surface area contributed by atoms with Gasteiger partial charge in [-0.3, -0.25) is 0 Å². The second-order valence-corrected chi connectivity index (χ2v) is 1.86.